The SMILES string of the molecule is CN=C(NCCCCN(C)C(C)C)NC1CCS(=O)(=O)C1.I. The lowest BCUT2D eigenvalue weighted by Gasteiger charge is -2.21. The van der Waals surface area contributed by atoms with Gasteiger partial charge in [-0.1, -0.05) is 0 Å². The molecule has 1 atom stereocenters. The van der Waals surface area contributed by atoms with E-state index in [1.807, 2.05) is 0 Å². The Labute approximate surface area is 152 Å². The maximum absolute atomic E-state index is 11.4. The van der Waals surface area contributed by atoms with Crippen LogP contribution in [-0.4, -0.2) is 70.1 Å². The number of nitrogens with one attached hydrogen (secondary N) is 2. The summed E-state index contributed by atoms with van der Waals surface area (Å²) in [6.07, 6.45) is 2.87. The number of nitrogens with zero attached hydrogens (tertiary/aromatic N) is 2. The van der Waals surface area contributed by atoms with E-state index in [1.54, 1.807) is 7.05 Å². The maximum Gasteiger partial charge on any atom is 0.191 e. The van der Waals surface area contributed by atoms with Crippen LogP contribution in [0.25, 0.3) is 0 Å². The van der Waals surface area contributed by atoms with Gasteiger partial charge in [-0.2, -0.15) is 0 Å². The lowest BCUT2D eigenvalue weighted by Crippen LogP contribution is -2.44. The summed E-state index contributed by atoms with van der Waals surface area (Å²) in [5.41, 5.74) is 0. The van der Waals surface area contributed by atoms with Crippen LogP contribution in [0.4, 0.5) is 0 Å². The molecule has 0 aromatic heterocycles. The summed E-state index contributed by atoms with van der Waals surface area (Å²) in [6, 6.07) is 0.574. The van der Waals surface area contributed by atoms with E-state index in [2.05, 4.69) is 41.4 Å². The van der Waals surface area contributed by atoms with Crippen LogP contribution in [0, 0.1) is 0 Å². The number of hydrogen-bond donors (Lipinski definition) is 2. The summed E-state index contributed by atoms with van der Waals surface area (Å²) in [7, 11) is 1.00. The first-order valence-corrected chi connectivity index (χ1v) is 9.54. The largest absolute Gasteiger partial charge is 0.356 e. The van der Waals surface area contributed by atoms with Crippen molar-refractivity contribution in [1.29, 1.82) is 0 Å². The molecule has 1 saturated heterocycles. The third-order valence-electron chi connectivity index (χ3n) is 3.91. The van der Waals surface area contributed by atoms with E-state index >= 15 is 0 Å². The van der Waals surface area contributed by atoms with E-state index in [0.717, 1.165) is 25.9 Å². The first-order valence-electron chi connectivity index (χ1n) is 7.72. The molecule has 132 valence electrons. The van der Waals surface area contributed by atoms with Crippen molar-refractivity contribution in [3.63, 3.8) is 0 Å². The zero-order valence-electron chi connectivity index (χ0n) is 14.1. The van der Waals surface area contributed by atoms with Crippen molar-refractivity contribution in [2.24, 2.45) is 4.99 Å². The molecule has 2 N–H and O–H groups in total. The minimum absolute atomic E-state index is 0. The second-order valence-electron chi connectivity index (χ2n) is 6.02. The standard InChI is InChI=1S/C14H30N4O2S.HI/c1-12(2)18(4)9-6-5-8-16-14(15-3)17-13-7-10-21(19,20)11-13;/h12-13H,5-11H2,1-4H3,(H2,15,16,17);1H. The molecular weight excluding hydrogens is 415 g/mol. The molecule has 1 aliphatic rings. The third kappa shape index (κ3) is 8.52. The van der Waals surface area contributed by atoms with Gasteiger partial charge in [-0.3, -0.25) is 4.99 Å². The smallest absolute Gasteiger partial charge is 0.191 e. The minimum Gasteiger partial charge on any atom is -0.356 e. The van der Waals surface area contributed by atoms with Gasteiger partial charge < -0.3 is 15.5 Å². The molecule has 0 radical (unpaired) electrons. The van der Waals surface area contributed by atoms with Gasteiger partial charge in [0.15, 0.2) is 15.8 Å². The van der Waals surface area contributed by atoms with Crippen molar-refractivity contribution in [2.45, 2.75) is 45.2 Å². The molecule has 6 nitrogen and oxygen atoms in total. The minimum atomic E-state index is -2.85. The van der Waals surface area contributed by atoms with Gasteiger partial charge in [0.05, 0.1) is 11.5 Å². The van der Waals surface area contributed by atoms with Crippen LogP contribution in [0.2, 0.25) is 0 Å². The van der Waals surface area contributed by atoms with Gasteiger partial charge in [-0.15, -0.1) is 24.0 Å². The van der Waals surface area contributed by atoms with E-state index in [-0.39, 0.29) is 41.5 Å². The summed E-state index contributed by atoms with van der Waals surface area (Å²) in [6.45, 7) is 6.33. The van der Waals surface area contributed by atoms with Gasteiger partial charge in [0, 0.05) is 25.7 Å². The lowest BCUT2D eigenvalue weighted by molar-refractivity contribution is 0.268. The molecule has 1 rings (SSSR count). The predicted octanol–water partition coefficient (Wildman–Crippen LogP) is 1.08. The third-order valence-corrected chi connectivity index (χ3v) is 5.68. The molecule has 0 aromatic rings. The van der Waals surface area contributed by atoms with Gasteiger partial charge in [-0.05, 0) is 46.7 Å². The zero-order valence-corrected chi connectivity index (χ0v) is 17.3. The van der Waals surface area contributed by atoms with Gasteiger partial charge in [0.2, 0.25) is 0 Å². The molecule has 0 aromatic carbocycles. The Hall–Kier alpha value is -0.0900. The fraction of sp³-hybridized carbons (Fsp3) is 0.929. The molecule has 1 aliphatic heterocycles. The Balaban J connectivity index is 0.00000441. The van der Waals surface area contributed by atoms with E-state index in [0.29, 0.717) is 18.4 Å². The highest BCUT2D eigenvalue weighted by atomic mass is 127. The number of hydrogen-bond acceptors (Lipinski definition) is 4. The van der Waals surface area contributed by atoms with Crippen LogP contribution in [0.1, 0.15) is 33.1 Å². The van der Waals surface area contributed by atoms with Crippen molar-refractivity contribution in [3.8, 4) is 0 Å². The molecule has 0 spiro atoms. The number of halogens is 1. The Kier molecular flexibility index (Phi) is 10.6. The highest BCUT2D eigenvalue weighted by molar-refractivity contribution is 14.0. The monoisotopic (exact) mass is 446 g/mol. The molecule has 0 amide bonds. The second-order valence-corrected chi connectivity index (χ2v) is 8.25. The summed E-state index contributed by atoms with van der Waals surface area (Å²) in [4.78, 5) is 6.48. The van der Waals surface area contributed by atoms with E-state index < -0.39 is 9.84 Å². The quantitative estimate of drug-likeness (QED) is 0.265. The fourth-order valence-corrected chi connectivity index (χ4v) is 3.92. The average molecular weight is 446 g/mol. The molecule has 22 heavy (non-hydrogen) atoms. The van der Waals surface area contributed by atoms with E-state index in [1.165, 1.54) is 0 Å². The molecule has 1 heterocycles. The first kappa shape index (κ1) is 21.9. The normalized spacial score (nSPS) is 21.0. The summed E-state index contributed by atoms with van der Waals surface area (Å²) >= 11 is 0. The van der Waals surface area contributed by atoms with Crippen LogP contribution < -0.4 is 10.6 Å². The number of rotatable bonds is 7. The fourth-order valence-electron chi connectivity index (χ4n) is 2.25. The van der Waals surface area contributed by atoms with Crippen LogP contribution >= 0.6 is 24.0 Å². The second kappa shape index (κ2) is 10.6. The lowest BCUT2D eigenvalue weighted by atomic mass is 10.2. The van der Waals surface area contributed by atoms with Crippen LogP contribution in [0.15, 0.2) is 4.99 Å². The highest BCUT2D eigenvalue weighted by Crippen LogP contribution is 2.10. The Morgan fingerprint density at radius 1 is 1.36 bits per heavy atom. The van der Waals surface area contributed by atoms with Gasteiger partial charge in [-0.25, -0.2) is 8.42 Å². The number of sulfone groups is 1. The molecule has 0 saturated carbocycles. The topological polar surface area (TPSA) is 73.8 Å². The van der Waals surface area contributed by atoms with Crippen molar-refractivity contribution in [2.75, 3.05) is 38.7 Å². The summed E-state index contributed by atoms with van der Waals surface area (Å²) in [5, 5.41) is 6.44. The predicted molar refractivity (Wildman–Crippen MR) is 104 cm³/mol. The average Bonchev–Trinajstić information content (AvgIpc) is 2.75. The van der Waals surface area contributed by atoms with Crippen molar-refractivity contribution >= 4 is 39.8 Å². The highest BCUT2D eigenvalue weighted by Gasteiger charge is 2.28. The van der Waals surface area contributed by atoms with Crippen LogP contribution in [0.3, 0.4) is 0 Å². The van der Waals surface area contributed by atoms with Crippen molar-refractivity contribution < 1.29 is 8.42 Å². The maximum atomic E-state index is 11.4. The Bertz CT molecular complexity index is 440. The van der Waals surface area contributed by atoms with Crippen molar-refractivity contribution in [3.05, 3.63) is 0 Å². The van der Waals surface area contributed by atoms with E-state index in [9.17, 15) is 8.42 Å². The molecule has 8 heteroatoms. The van der Waals surface area contributed by atoms with Crippen molar-refractivity contribution in [1.82, 2.24) is 15.5 Å². The Morgan fingerprint density at radius 3 is 2.55 bits per heavy atom. The molecular formula is C14H31IN4O2S. The number of aliphatic imine (C=N–C) groups is 1. The number of guanidine groups is 1. The summed E-state index contributed by atoms with van der Waals surface area (Å²) in [5.74, 6) is 1.20. The first-order chi connectivity index (χ1) is 9.84. The van der Waals surface area contributed by atoms with Gasteiger partial charge in [0.25, 0.3) is 0 Å². The van der Waals surface area contributed by atoms with Gasteiger partial charge in [0.1, 0.15) is 0 Å². The molecule has 1 unspecified atom stereocenters. The van der Waals surface area contributed by atoms with Crippen LogP contribution in [0.5, 0.6) is 0 Å². The molecule has 0 aliphatic carbocycles. The Morgan fingerprint density at radius 2 is 2.05 bits per heavy atom. The van der Waals surface area contributed by atoms with Gasteiger partial charge >= 0.3 is 0 Å². The number of unbranched alkanes of at least 4 members (excludes halogenated alkanes) is 1. The molecule has 1 fully saturated rings. The molecule has 0 bridgehead atoms. The zero-order chi connectivity index (χ0) is 15.9. The van der Waals surface area contributed by atoms with E-state index in [4.69, 9.17) is 0 Å². The summed E-state index contributed by atoms with van der Waals surface area (Å²) < 4.78 is 22.8. The van der Waals surface area contributed by atoms with Crippen LogP contribution in [-0.2, 0) is 9.84 Å².